The molecule has 1 aromatic carbocycles. The van der Waals surface area contributed by atoms with Gasteiger partial charge in [-0.15, -0.1) is 11.8 Å². The van der Waals surface area contributed by atoms with E-state index in [-0.39, 0.29) is 5.78 Å². The summed E-state index contributed by atoms with van der Waals surface area (Å²) in [7, 11) is 0. The summed E-state index contributed by atoms with van der Waals surface area (Å²) in [5, 5.41) is 4.03. The van der Waals surface area contributed by atoms with Crippen molar-refractivity contribution < 1.29 is 4.79 Å². The number of allylic oxidation sites excluding steroid dienone is 1. The molecule has 0 N–H and O–H groups in total. The topological polar surface area (TPSA) is 17.1 Å². The van der Waals surface area contributed by atoms with Crippen molar-refractivity contribution in [3.63, 3.8) is 0 Å². The molecule has 1 nitrogen and oxygen atoms in total. The van der Waals surface area contributed by atoms with Crippen molar-refractivity contribution in [3.8, 4) is 0 Å². The summed E-state index contributed by atoms with van der Waals surface area (Å²) in [5.74, 6) is 0.125. The van der Waals surface area contributed by atoms with Gasteiger partial charge >= 0.3 is 0 Å². The molecule has 4 heteroatoms. The van der Waals surface area contributed by atoms with Crippen LogP contribution in [0.4, 0.5) is 0 Å². The van der Waals surface area contributed by atoms with Crippen LogP contribution in [0, 0.1) is 6.92 Å². The second kappa shape index (κ2) is 5.85. The van der Waals surface area contributed by atoms with Crippen LogP contribution in [0.2, 0.25) is 0 Å². The van der Waals surface area contributed by atoms with Gasteiger partial charge in [0.15, 0.2) is 0 Å². The minimum atomic E-state index is 0.125. The Balaban J connectivity index is 2.33. The zero-order valence-corrected chi connectivity index (χ0v) is 12.0. The standard InChI is InChI=1S/C13H12OS3/c1-9-4-3-5-10(8-9)11(14)12(15-2)13-16-6-7-17-13/h3-8H,1-2H3. The monoisotopic (exact) mass is 280 g/mol. The molecule has 0 amide bonds. The number of carbonyl (C=O) groups excluding carboxylic acids is 1. The number of carbonyl (C=O) groups is 1. The van der Waals surface area contributed by atoms with Gasteiger partial charge < -0.3 is 0 Å². The third-order valence-corrected chi connectivity index (χ3v) is 5.47. The normalized spacial score (nSPS) is 14.1. The van der Waals surface area contributed by atoms with E-state index in [1.54, 1.807) is 23.5 Å². The molecule has 1 aliphatic rings. The van der Waals surface area contributed by atoms with Crippen LogP contribution in [0.1, 0.15) is 15.9 Å². The Kier molecular flexibility index (Phi) is 4.42. The van der Waals surface area contributed by atoms with E-state index in [1.807, 2.05) is 48.3 Å². The maximum absolute atomic E-state index is 12.4. The first kappa shape index (κ1) is 12.9. The van der Waals surface area contributed by atoms with Gasteiger partial charge in [-0.3, -0.25) is 4.79 Å². The van der Waals surface area contributed by atoms with Gasteiger partial charge in [0.25, 0.3) is 0 Å². The van der Waals surface area contributed by atoms with Crippen molar-refractivity contribution in [1.82, 2.24) is 0 Å². The smallest absolute Gasteiger partial charge is 0.201 e. The van der Waals surface area contributed by atoms with E-state index in [2.05, 4.69) is 0 Å². The fourth-order valence-corrected chi connectivity index (χ4v) is 4.41. The second-order valence-electron chi connectivity index (χ2n) is 3.53. The summed E-state index contributed by atoms with van der Waals surface area (Å²) in [6, 6.07) is 7.75. The molecular weight excluding hydrogens is 268 g/mol. The molecular formula is C13H12OS3. The zero-order valence-electron chi connectivity index (χ0n) is 9.60. The number of benzene rings is 1. The molecule has 0 bridgehead atoms. The molecule has 0 spiro atoms. The molecule has 1 heterocycles. The van der Waals surface area contributed by atoms with Crippen molar-refractivity contribution in [1.29, 1.82) is 0 Å². The molecule has 0 radical (unpaired) electrons. The lowest BCUT2D eigenvalue weighted by Crippen LogP contribution is -2.02. The molecule has 88 valence electrons. The van der Waals surface area contributed by atoms with Gasteiger partial charge in [0.2, 0.25) is 5.78 Å². The molecule has 0 aromatic heterocycles. The minimum Gasteiger partial charge on any atom is -0.288 e. The second-order valence-corrected chi connectivity index (χ2v) is 6.43. The molecule has 0 saturated carbocycles. The third-order valence-electron chi connectivity index (χ3n) is 2.28. The van der Waals surface area contributed by atoms with Crippen molar-refractivity contribution in [3.05, 3.63) is 55.4 Å². The van der Waals surface area contributed by atoms with Gasteiger partial charge in [0.1, 0.15) is 0 Å². The van der Waals surface area contributed by atoms with Crippen LogP contribution in [0.25, 0.3) is 0 Å². The summed E-state index contributed by atoms with van der Waals surface area (Å²) in [6.07, 6.45) is 1.95. The molecule has 0 unspecified atom stereocenters. The minimum absolute atomic E-state index is 0.125. The van der Waals surface area contributed by atoms with Crippen LogP contribution in [0.5, 0.6) is 0 Å². The van der Waals surface area contributed by atoms with Gasteiger partial charge in [-0.05, 0) is 30.1 Å². The average molecular weight is 280 g/mol. The molecule has 0 aliphatic carbocycles. The van der Waals surface area contributed by atoms with E-state index >= 15 is 0 Å². The maximum atomic E-state index is 12.4. The first-order valence-electron chi connectivity index (χ1n) is 5.10. The van der Waals surface area contributed by atoms with Gasteiger partial charge in [-0.1, -0.05) is 47.3 Å². The highest BCUT2D eigenvalue weighted by molar-refractivity contribution is 8.28. The number of rotatable bonds is 3. The van der Waals surface area contributed by atoms with Crippen molar-refractivity contribution >= 4 is 41.1 Å². The highest BCUT2D eigenvalue weighted by Crippen LogP contribution is 2.43. The number of aryl methyl sites for hydroxylation is 1. The van der Waals surface area contributed by atoms with E-state index in [4.69, 9.17) is 0 Å². The van der Waals surface area contributed by atoms with Crippen LogP contribution in [-0.4, -0.2) is 12.0 Å². The number of hydrogen-bond acceptors (Lipinski definition) is 4. The SMILES string of the molecule is CSC(C(=O)c1cccc(C)c1)=C1SC=CS1. The summed E-state index contributed by atoms with van der Waals surface area (Å²) in [4.78, 5) is 13.2. The van der Waals surface area contributed by atoms with Crippen LogP contribution in [0.15, 0.2) is 44.2 Å². The Bertz CT molecular complexity index is 493. The quantitative estimate of drug-likeness (QED) is 0.591. The van der Waals surface area contributed by atoms with Gasteiger partial charge in [-0.25, -0.2) is 0 Å². The zero-order chi connectivity index (χ0) is 12.3. The Labute approximate surface area is 114 Å². The van der Waals surface area contributed by atoms with E-state index in [0.717, 1.165) is 20.3 Å². The summed E-state index contributed by atoms with van der Waals surface area (Å²) in [6.45, 7) is 2.00. The van der Waals surface area contributed by atoms with Crippen molar-refractivity contribution in [2.24, 2.45) is 0 Å². The Morgan fingerprint density at radius 2 is 1.94 bits per heavy atom. The highest BCUT2D eigenvalue weighted by atomic mass is 32.2. The van der Waals surface area contributed by atoms with E-state index in [1.165, 1.54) is 11.8 Å². The molecule has 0 atom stereocenters. The number of thioether (sulfide) groups is 3. The third kappa shape index (κ3) is 3.00. The van der Waals surface area contributed by atoms with Crippen LogP contribution < -0.4 is 0 Å². The molecule has 1 aromatic rings. The molecule has 2 rings (SSSR count). The lowest BCUT2D eigenvalue weighted by atomic mass is 10.1. The Morgan fingerprint density at radius 1 is 1.24 bits per heavy atom. The molecule has 1 aliphatic heterocycles. The Hall–Kier alpha value is -0.580. The van der Waals surface area contributed by atoms with Crippen molar-refractivity contribution in [2.75, 3.05) is 6.26 Å². The highest BCUT2D eigenvalue weighted by Gasteiger charge is 2.18. The summed E-state index contributed by atoms with van der Waals surface area (Å²) >= 11 is 4.77. The maximum Gasteiger partial charge on any atom is 0.201 e. The first-order valence-corrected chi connectivity index (χ1v) is 8.08. The number of ketones is 1. The summed E-state index contributed by atoms with van der Waals surface area (Å²) in [5.41, 5.74) is 1.89. The molecule has 0 saturated heterocycles. The fourth-order valence-electron chi connectivity index (χ4n) is 1.50. The largest absolute Gasteiger partial charge is 0.288 e. The molecule has 17 heavy (non-hydrogen) atoms. The lowest BCUT2D eigenvalue weighted by molar-refractivity contribution is 0.104. The van der Waals surface area contributed by atoms with E-state index in [9.17, 15) is 4.79 Å². The fraction of sp³-hybridized carbons (Fsp3) is 0.154. The van der Waals surface area contributed by atoms with Crippen LogP contribution in [-0.2, 0) is 0 Å². The van der Waals surface area contributed by atoms with Crippen LogP contribution >= 0.6 is 35.3 Å². The predicted octanol–water partition coefficient (Wildman–Crippen LogP) is 4.66. The van der Waals surface area contributed by atoms with Gasteiger partial charge in [0, 0.05) is 5.56 Å². The van der Waals surface area contributed by atoms with Gasteiger partial charge in [-0.2, -0.15) is 0 Å². The Morgan fingerprint density at radius 3 is 2.53 bits per heavy atom. The number of hydrogen-bond donors (Lipinski definition) is 0. The average Bonchev–Trinajstić information content (AvgIpc) is 2.83. The summed E-state index contributed by atoms with van der Waals surface area (Å²) < 4.78 is 1.09. The first-order chi connectivity index (χ1) is 8.22. The van der Waals surface area contributed by atoms with E-state index in [0.29, 0.717) is 0 Å². The lowest BCUT2D eigenvalue weighted by Gasteiger charge is -2.07. The number of Topliss-reactive ketones (excluding diaryl/α,β-unsaturated/α-hetero) is 1. The van der Waals surface area contributed by atoms with Gasteiger partial charge in [0.05, 0.1) is 9.14 Å². The van der Waals surface area contributed by atoms with Crippen molar-refractivity contribution in [2.45, 2.75) is 6.92 Å². The molecule has 0 fully saturated rings. The van der Waals surface area contributed by atoms with Crippen LogP contribution in [0.3, 0.4) is 0 Å². The van der Waals surface area contributed by atoms with E-state index < -0.39 is 0 Å². The predicted molar refractivity (Wildman–Crippen MR) is 80.4 cm³/mol.